The predicted octanol–water partition coefficient (Wildman–Crippen LogP) is 16.9. The number of carbonyl (C=O) groups excluding carboxylic acids is 1. The van der Waals surface area contributed by atoms with Crippen molar-refractivity contribution in [3.05, 3.63) is 24.3 Å². The van der Waals surface area contributed by atoms with Crippen LogP contribution < -0.4 is 5.32 Å². The van der Waals surface area contributed by atoms with Crippen molar-refractivity contribution in [2.45, 2.75) is 371 Å². The van der Waals surface area contributed by atoms with Crippen LogP contribution in [0.5, 0.6) is 0 Å². The zero-order chi connectivity index (χ0) is 53.6. The van der Waals surface area contributed by atoms with Crippen LogP contribution in [0.25, 0.3) is 0 Å². The fourth-order valence-electron chi connectivity index (χ4n) is 10.7. The Morgan fingerprint density at radius 3 is 1.16 bits per heavy atom. The monoisotopic (exact) mass is 1050 g/mol. The largest absolute Gasteiger partial charge is 0.394 e. The van der Waals surface area contributed by atoms with Gasteiger partial charge in [0.05, 0.1) is 25.4 Å². The summed E-state index contributed by atoms with van der Waals surface area (Å²) >= 11 is 0. The molecule has 0 aromatic rings. The highest BCUT2D eigenvalue weighted by atomic mass is 16.7. The Balaban J connectivity index is 2.10. The number of ether oxygens (including phenoxy) is 2. The number of nitrogens with one attached hydrogen (secondary N) is 1. The molecule has 0 spiro atoms. The summed E-state index contributed by atoms with van der Waals surface area (Å²) in [5.41, 5.74) is 0. The van der Waals surface area contributed by atoms with Crippen molar-refractivity contribution < 1.29 is 39.8 Å². The van der Waals surface area contributed by atoms with E-state index in [9.17, 15) is 30.3 Å². The van der Waals surface area contributed by atoms with Gasteiger partial charge in [0.25, 0.3) is 0 Å². The topological polar surface area (TPSA) is 149 Å². The van der Waals surface area contributed by atoms with Crippen LogP contribution in [0.3, 0.4) is 0 Å². The molecule has 74 heavy (non-hydrogen) atoms. The van der Waals surface area contributed by atoms with E-state index in [2.05, 4.69) is 43.5 Å². The molecule has 438 valence electrons. The van der Waals surface area contributed by atoms with Crippen molar-refractivity contribution in [2.75, 3.05) is 13.2 Å². The van der Waals surface area contributed by atoms with E-state index >= 15 is 0 Å². The summed E-state index contributed by atoms with van der Waals surface area (Å²) in [5, 5.41) is 54.8. The molecule has 1 heterocycles. The third-order valence-electron chi connectivity index (χ3n) is 15.8. The maximum absolute atomic E-state index is 13.1. The average molecular weight is 1050 g/mol. The van der Waals surface area contributed by atoms with Crippen molar-refractivity contribution in [3.63, 3.8) is 0 Å². The molecule has 7 unspecified atom stereocenters. The number of amides is 1. The van der Waals surface area contributed by atoms with Gasteiger partial charge in [-0.1, -0.05) is 301 Å². The lowest BCUT2D eigenvalue weighted by Crippen LogP contribution is -2.60. The molecule has 1 saturated heterocycles. The highest BCUT2D eigenvalue weighted by Crippen LogP contribution is 2.24. The van der Waals surface area contributed by atoms with Gasteiger partial charge in [-0.3, -0.25) is 4.79 Å². The normalized spacial score (nSPS) is 19.0. The van der Waals surface area contributed by atoms with Crippen molar-refractivity contribution in [2.24, 2.45) is 0 Å². The molecule has 1 aliphatic rings. The summed E-state index contributed by atoms with van der Waals surface area (Å²) in [6.45, 7) is 3.88. The molecule has 0 bridgehead atoms. The number of hydrogen-bond donors (Lipinski definition) is 6. The third-order valence-corrected chi connectivity index (χ3v) is 15.8. The van der Waals surface area contributed by atoms with E-state index in [0.29, 0.717) is 12.8 Å². The summed E-state index contributed by atoms with van der Waals surface area (Å²) in [5.74, 6) is -0.138. The molecule has 1 amide bonds. The molecule has 1 aliphatic heterocycles. The molecule has 0 aliphatic carbocycles. The first-order valence-electron chi connectivity index (χ1n) is 32.5. The molecule has 7 atom stereocenters. The van der Waals surface area contributed by atoms with Gasteiger partial charge in [0.15, 0.2) is 6.29 Å². The van der Waals surface area contributed by atoms with Gasteiger partial charge in [0.2, 0.25) is 5.91 Å². The minimum absolute atomic E-state index is 0.134. The molecule has 0 radical (unpaired) electrons. The van der Waals surface area contributed by atoms with E-state index in [1.54, 1.807) is 0 Å². The van der Waals surface area contributed by atoms with E-state index in [1.165, 1.54) is 257 Å². The lowest BCUT2D eigenvalue weighted by Gasteiger charge is -2.40. The highest BCUT2D eigenvalue weighted by molar-refractivity contribution is 5.76. The Bertz CT molecular complexity index is 1210. The van der Waals surface area contributed by atoms with Crippen LogP contribution >= 0.6 is 0 Å². The van der Waals surface area contributed by atoms with E-state index in [0.717, 1.165) is 44.9 Å². The number of carbonyl (C=O) groups is 1. The van der Waals surface area contributed by atoms with Crippen LogP contribution in [0.15, 0.2) is 24.3 Å². The number of aliphatic hydroxyl groups excluding tert-OH is 5. The van der Waals surface area contributed by atoms with Crippen LogP contribution in [-0.2, 0) is 14.3 Å². The molecular formula is C65H125NO8. The van der Waals surface area contributed by atoms with Gasteiger partial charge in [-0.05, 0) is 44.9 Å². The SMILES string of the molecule is CCCCCCCCCCC/C=C\C/C=C\CCCCCCCCCCCCCCCCCCCC(=O)NC(COC1OC(CO)C(O)C(O)C1O)C(O)CCCCCCCCCCCCCCCCCCCC. The van der Waals surface area contributed by atoms with Crippen LogP contribution in [0.4, 0.5) is 0 Å². The minimum Gasteiger partial charge on any atom is -0.394 e. The Hall–Kier alpha value is -1.33. The van der Waals surface area contributed by atoms with Crippen LogP contribution in [0.2, 0.25) is 0 Å². The van der Waals surface area contributed by atoms with Gasteiger partial charge in [-0.2, -0.15) is 0 Å². The lowest BCUT2D eigenvalue weighted by atomic mass is 9.99. The van der Waals surface area contributed by atoms with Gasteiger partial charge in [-0.25, -0.2) is 0 Å². The van der Waals surface area contributed by atoms with Crippen LogP contribution in [-0.4, -0.2) is 87.5 Å². The third kappa shape index (κ3) is 43.6. The summed E-state index contributed by atoms with van der Waals surface area (Å²) in [7, 11) is 0. The van der Waals surface area contributed by atoms with E-state index in [-0.39, 0.29) is 12.5 Å². The zero-order valence-corrected chi connectivity index (χ0v) is 48.9. The first-order chi connectivity index (χ1) is 36.3. The Labute approximate surface area is 458 Å². The van der Waals surface area contributed by atoms with Gasteiger partial charge in [-0.15, -0.1) is 0 Å². The number of hydrogen-bond acceptors (Lipinski definition) is 8. The molecule has 0 saturated carbocycles. The highest BCUT2D eigenvalue weighted by Gasteiger charge is 2.44. The zero-order valence-electron chi connectivity index (χ0n) is 48.9. The maximum atomic E-state index is 13.1. The van der Waals surface area contributed by atoms with E-state index in [1.807, 2.05) is 0 Å². The molecule has 0 aromatic carbocycles. The van der Waals surface area contributed by atoms with E-state index in [4.69, 9.17) is 9.47 Å². The Morgan fingerprint density at radius 1 is 0.459 bits per heavy atom. The number of allylic oxidation sites excluding steroid dienone is 4. The average Bonchev–Trinajstić information content (AvgIpc) is 3.40. The molecule has 9 nitrogen and oxygen atoms in total. The first kappa shape index (κ1) is 70.7. The molecular weight excluding hydrogens is 923 g/mol. The molecule has 1 fully saturated rings. The fourth-order valence-corrected chi connectivity index (χ4v) is 10.7. The molecule has 6 N–H and O–H groups in total. The van der Waals surface area contributed by atoms with Crippen LogP contribution in [0, 0.1) is 0 Å². The van der Waals surface area contributed by atoms with Crippen LogP contribution in [0.1, 0.15) is 328 Å². The maximum Gasteiger partial charge on any atom is 0.220 e. The first-order valence-corrected chi connectivity index (χ1v) is 32.5. The molecule has 0 aromatic heterocycles. The Morgan fingerprint density at radius 2 is 0.797 bits per heavy atom. The minimum atomic E-state index is -1.55. The van der Waals surface area contributed by atoms with E-state index < -0.39 is 49.5 Å². The van der Waals surface area contributed by atoms with Crippen molar-refractivity contribution in [1.29, 1.82) is 0 Å². The second kappa shape index (κ2) is 55.0. The van der Waals surface area contributed by atoms with Gasteiger partial charge >= 0.3 is 0 Å². The Kier molecular flexibility index (Phi) is 52.5. The van der Waals surface area contributed by atoms with Crippen molar-refractivity contribution in [3.8, 4) is 0 Å². The number of aliphatic hydroxyl groups is 5. The quantitative estimate of drug-likeness (QED) is 0.0261. The number of unbranched alkanes of at least 4 members (excludes halogenated alkanes) is 43. The second-order valence-corrected chi connectivity index (χ2v) is 22.9. The smallest absolute Gasteiger partial charge is 0.220 e. The molecule has 1 rings (SSSR count). The van der Waals surface area contributed by atoms with Crippen molar-refractivity contribution >= 4 is 5.91 Å². The summed E-state index contributed by atoms with van der Waals surface area (Å²) in [4.78, 5) is 13.1. The second-order valence-electron chi connectivity index (χ2n) is 22.9. The lowest BCUT2D eigenvalue weighted by molar-refractivity contribution is -0.302. The summed E-state index contributed by atoms with van der Waals surface area (Å²) < 4.78 is 11.3. The van der Waals surface area contributed by atoms with Gasteiger partial charge < -0.3 is 40.3 Å². The molecule has 9 heteroatoms. The standard InChI is InChI=1S/C65H125NO8/c1-3-5-7-9-11-13-15-17-19-21-23-24-25-26-27-28-29-30-31-32-33-34-35-36-37-39-41-43-45-47-49-51-53-55-61(69)66-58(57-73-65-64(72)63(71)62(70)60(56-67)74-65)59(68)54-52-50-48-46-44-42-40-38-22-20-18-16-14-12-10-8-6-4-2/h23-24,26-27,58-60,62-65,67-68,70-72H,3-22,25,28-57H2,1-2H3,(H,66,69)/b24-23-,27-26-. The fraction of sp³-hybridized carbons (Fsp3) is 0.923. The van der Waals surface area contributed by atoms with Gasteiger partial charge in [0.1, 0.15) is 24.4 Å². The summed E-state index contributed by atoms with van der Waals surface area (Å²) in [6.07, 6.45) is 63.7. The van der Waals surface area contributed by atoms with Gasteiger partial charge in [0, 0.05) is 6.42 Å². The predicted molar refractivity (Wildman–Crippen MR) is 314 cm³/mol. The number of rotatable bonds is 57. The summed E-state index contributed by atoms with van der Waals surface area (Å²) in [6, 6.07) is -0.717. The van der Waals surface area contributed by atoms with Crippen molar-refractivity contribution in [1.82, 2.24) is 5.32 Å².